The smallest absolute Gasteiger partial charge is 0.267 e. The fraction of sp³-hybridized carbons (Fsp3) is 0.476. The minimum Gasteiger partial charge on any atom is -0.350 e. The molecular formula is C21H27N3O3S. The molecule has 1 aromatic carbocycles. The van der Waals surface area contributed by atoms with Crippen LogP contribution in [0.5, 0.6) is 0 Å². The Balaban J connectivity index is 1.89. The van der Waals surface area contributed by atoms with Crippen LogP contribution in [-0.4, -0.2) is 42.9 Å². The number of hydrogen-bond donors (Lipinski definition) is 0. The standard InChI is InChI=1S/C21H27N3O3S/c1-14-13-17-9-5-6-10-18(17)24(14)28(26,27)20-16(3)22(4)15(2)19(20)21(25)23-11-7-8-12-23/h5-6,9-10,14H,7-8,11-13H2,1-4H3. The van der Waals surface area contributed by atoms with E-state index < -0.39 is 10.0 Å². The third-order valence-electron chi connectivity index (χ3n) is 6.19. The maximum atomic E-state index is 13.9. The van der Waals surface area contributed by atoms with E-state index in [1.54, 1.807) is 11.8 Å². The Hall–Kier alpha value is -2.28. The van der Waals surface area contributed by atoms with Crippen LogP contribution in [0, 0.1) is 13.8 Å². The van der Waals surface area contributed by atoms with Crippen molar-refractivity contribution in [3.63, 3.8) is 0 Å². The summed E-state index contributed by atoms with van der Waals surface area (Å²) in [7, 11) is -2.05. The van der Waals surface area contributed by atoms with Crippen LogP contribution in [0.25, 0.3) is 0 Å². The normalized spacial score (nSPS) is 19.4. The van der Waals surface area contributed by atoms with Gasteiger partial charge in [0, 0.05) is 37.6 Å². The van der Waals surface area contributed by atoms with Crippen molar-refractivity contribution < 1.29 is 13.2 Å². The molecule has 1 unspecified atom stereocenters. The van der Waals surface area contributed by atoms with Gasteiger partial charge in [0.2, 0.25) is 0 Å². The highest BCUT2D eigenvalue weighted by atomic mass is 32.2. The van der Waals surface area contributed by atoms with Gasteiger partial charge in [-0.25, -0.2) is 8.42 Å². The van der Waals surface area contributed by atoms with Crippen LogP contribution >= 0.6 is 0 Å². The Morgan fingerprint density at radius 3 is 2.39 bits per heavy atom. The van der Waals surface area contributed by atoms with E-state index in [9.17, 15) is 13.2 Å². The van der Waals surface area contributed by atoms with Crippen molar-refractivity contribution in [2.75, 3.05) is 17.4 Å². The maximum Gasteiger partial charge on any atom is 0.267 e. The first-order valence-corrected chi connectivity index (χ1v) is 11.3. The third-order valence-corrected chi connectivity index (χ3v) is 8.28. The van der Waals surface area contributed by atoms with E-state index in [-0.39, 0.29) is 16.8 Å². The number of amides is 1. The molecule has 7 heteroatoms. The van der Waals surface area contributed by atoms with Crippen molar-refractivity contribution >= 4 is 21.6 Å². The molecule has 1 amide bonds. The van der Waals surface area contributed by atoms with Gasteiger partial charge in [0.05, 0.1) is 11.3 Å². The zero-order valence-corrected chi connectivity index (χ0v) is 17.7. The van der Waals surface area contributed by atoms with Crippen molar-refractivity contribution in [2.45, 2.75) is 51.0 Å². The number of anilines is 1. The van der Waals surface area contributed by atoms with Crippen LogP contribution in [0.3, 0.4) is 0 Å². The molecule has 6 nitrogen and oxygen atoms in total. The molecule has 3 heterocycles. The van der Waals surface area contributed by atoms with Crippen LogP contribution in [0.2, 0.25) is 0 Å². The number of carbonyl (C=O) groups excluding carboxylic acids is 1. The summed E-state index contributed by atoms with van der Waals surface area (Å²) < 4.78 is 31.1. The summed E-state index contributed by atoms with van der Waals surface area (Å²) in [6, 6.07) is 7.43. The molecule has 0 saturated carbocycles. The summed E-state index contributed by atoms with van der Waals surface area (Å²) in [5.74, 6) is -0.169. The fourth-order valence-corrected chi connectivity index (χ4v) is 6.75. The molecule has 2 aliphatic heterocycles. The molecule has 0 spiro atoms. The number of benzene rings is 1. The predicted octanol–water partition coefficient (Wildman–Crippen LogP) is 3.02. The lowest BCUT2D eigenvalue weighted by atomic mass is 10.1. The number of sulfonamides is 1. The summed E-state index contributed by atoms with van der Waals surface area (Å²) in [5.41, 5.74) is 3.38. The second-order valence-electron chi connectivity index (χ2n) is 7.92. The predicted molar refractivity (Wildman–Crippen MR) is 109 cm³/mol. The Labute approximate surface area is 166 Å². The van der Waals surface area contributed by atoms with Crippen molar-refractivity contribution in [1.29, 1.82) is 0 Å². The quantitative estimate of drug-likeness (QED) is 0.794. The molecule has 0 radical (unpaired) electrons. The van der Waals surface area contributed by atoms with Gasteiger partial charge in [0.1, 0.15) is 4.90 Å². The zero-order chi connectivity index (χ0) is 20.2. The van der Waals surface area contributed by atoms with E-state index in [2.05, 4.69) is 0 Å². The fourth-order valence-electron chi connectivity index (χ4n) is 4.56. The van der Waals surface area contributed by atoms with Gasteiger partial charge in [-0.05, 0) is 51.7 Å². The van der Waals surface area contributed by atoms with E-state index in [1.165, 1.54) is 4.31 Å². The lowest BCUT2D eigenvalue weighted by Crippen LogP contribution is -2.37. The molecule has 150 valence electrons. The van der Waals surface area contributed by atoms with Crippen LogP contribution in [-0.2, 0) is 23.5 Å². The lowest BCUT2D eigenvalue weighted by Gasteiger charge is -2.25. The first-order valence-electron chi connectivity index (χ1n) is 9.82. The second-order valence-corrected chi connectivity index (χ2v) is 9.67. The number of aromatic nitrogens is 1. The first-order chi connectivity index (χ1) is 13.2. The molecule has 0 bridgehead atoms. The van der Waals surface area contributed by atoms with Crippen molar-refractivity contribution in [3.8, 4) is 0 Å². The summed E-state index contributed by atoms with van der Waals surface area (Å²) in [6.07, 6.45) is 2.61. The van der Waals surface area contributed by atoms with Crippen LogP contribution < -0.4 is 4.31 Å². The largest absolute Gasteiger partial charge is 0.350 e. The van der Waals surface area contributed by atoms with E-state index >= 15 is 0 Å². The van der Waals surface area contributed by atoms with Gasteiger partial charge < -0.3 is 9.47 Å². The number of para-hydroxylation sites is 1. The highest BCUT2D eigenvalue weighted by Gasteiger charge is 2.41. The van der Waals surface area contributed by atoms with Gasteiger partial charge in [-0.15, -0.1) is 0 Å². The SMILES string of the molecule is Cc1c(C(=O)N2CCCC2)c(S(=O)(=O)N2c3ccccc3CC2C)c(C)n1C. The average Bonchev–Trinajstić information content (AvgIpc) is 3.34. The molecule has 1 saturated heterocycles. The molecule has 2 aliphatic rings. The Bertz CT molecular complexity index is 1050. The summed E-state index contributed by atoms with van der Waals surface area (Å²) in [4.78, 5) is 15.2. The van der Waals surface area contributed by atoms with Gasteiger partial charge in [-0.1, -0.05) is 18.2 Å². The van der Waals surface area contributed by atoms with Gasteiger partial charge in [-0.2, -0.15) is 0 Å². The number of likely N-dealkylation sites (tertiary alicyclic amines) is 1. The summed E-state index contributed by atoms with van der Waals surface area (Å²) >= 11 is 0. The first kappa shape index (κ1) is 19.1. The van der Waals surface area contributed by atoms with Crippen molar-refractivity contribution in [2.24, 2.45) is 7.05 Å². The molecule has 1 atom stereocenters. The summed E-state index contributed by atoms with van der Waals surface area (Å²) in [5, 5.41) is 0. The van der Waals surface area contributed by atoms with Gasteiger partial charge in [0.25, 0.3) is 15.9 Å². The molecule has 0 aliphatic carbocycles. The molecule has 28 heavy (non-hydrogen) atoms. The van der Waals surface area contributed by atoms with Gasteiger partial charge in [0.15, 0.2) is 0 Å². The molecule has 0 N–H and O–H groups in total. The minimum absolute atomic E-state index is 0.160. The number of fused-ring (bicyclic) bond motifs is 1. The topological polar surface area (TPSA) is 62.6 Å². The lowest BCUT2D eigenvalue weighted by molar-refractivity contribution is 0.0788. The Morgan fingerprint density at radius 1 is 1.07 bits per heavy atom. The zero-order valence-electron chi connectivity index (χ0n) is 16.9. The van der Waals surface area contributed by atoms with E-state index in [0.717, 1.165) is 24.1 Å². The highest BCUT2D eigenvalue weighted by Crippen LogP contribution is 2.39. The average molecular weight is 402 g/mol. The number of hydrogen-bond acceptors (Lipinski definition) is 3. The van der Waals surface area contributed by atoms with Gasteiger partial charge in [-0.3, -0.25) is 9.10 Å². The molecule has 4 rings (SSSR count). The number of carbonyl (C=O) groups is 1. The molecular weight excluding hydrogens is 374 g/mol. The number of nitrogens with zero attached hydrogens (tertiary/aromatic N) is 3. The minimum atomic E-state index is -3.87. The van der Waals surface area contributed by atoms with Crippen molar-refractivity contribution in [3.05, 3.63) is 46.8 Å². The van der Waals surface area contributed by atoms with E-state index in [1.807, 2.05) is 49.7 Å². The maximum absolute atomic E-state index is 13.9. The summed E-state index contributed by atoms with van der Waals surface area (Å²) in [6.45, 7) is 6.91. The third kappa shape index (κ3) is 2.67. The van der Waals surface area contributed by atoms with Crippen molar-refractivity contribution in [1.82, 2.24) is 9.47 Å². The number of rotatable bonds is 3. The van der Waals surface area contributed by atoms with Gasteiger partial charge >= 0.3 is 0 Å². The van der Waals surface area contributed by atoms with Crippen LogP contribution in [0.15, 0.2) is 29.2 Å². The molecule has 2 aromatic rings. The van der Waals surface area contributed by atoms with E-state index in [0.29, 0.717) is 36.5 Å². The Kier molecular flexibility index (Phi) is 4.53. The molecule has 1 fully saturated rings. The molecule has 1 aromatic heterocycles. The van der Waals surface area contributed by atoms with Crippen LogP contribution in [0.1, 0.15) is 47.1 Å². The van der Waals surface area contributed by atoms with Crippen LogP contribution in [0.4, 0.5) is 5.69 Å². The second kappa shape index (κ2) is 6.65. The Morgan fingerprint density at radius 2 is 1.71 bits per heavy atom. The monoisotopic (exact) mass is 401 g/mol. The van der Waals surface area contributed by atoms with E-state index in [4.69, 9.17) is 0 Å². The highest BCUT2D eigenvalue weighted by molar-refractivity contribution is 7.93.